The normalized spacial score (nSPS) is 36.6. The third-order valence-corrected chi connectivity index (χ3v) is 4.48. The predicted molar refractivity (Wildman–Crippen MR) is 71.6 cm³/mol. The fourth-order valence-electron chi connectivity index (χ4n) is 3.35. The van der Waals surface area contributed by atoms with Crippen LogP contribution in [0.4, 0.5) is 0 Å². The van der Waals surface area contributed by atoms with E-state index in [0.717, 1.165) is 18.9 Å². The quantitative estimate of drug-likeness (QED) is 0.534. The summed E-state index contributed by atoms with van der Waals surface area (Å²) in [6, 6.07) is 0.696. The first-order chi connectivity index (χ1) is 8.86. The van der Waals surface area contributed by atoms with E-state index in [1.807, 2.05) is 0 Å². The minimum atomic E-state index is 0.312. The van der Waals surface area contributed by atoms with E-state index < -0.39 is 0 Å². The molecule has 0 amide bonds. The van der Waals surface area contributed by atoms with E-state index in [1.54, 1.807) is 6.08 Å². The van der Waals surface area contributed by atoms with E-state index in [-0.39, 0.29) is 0 Å². The number of hydrogen-bond acceptors (Lipinski definition) is 3. The van der Waals surface area contributed by atoms with Gasteiger partial charge in [-0.25, -0.2) is 0 Å². The van der Waals surface area contributed by atoms with Crippen molar-refractivity contribution in [3.8, 4) is 0 Å². The molecule has 0 radical (unpaired) electrons. The zero-order valence-electron chi connectivity index (χ0n) is 11.2. The Bertz CT molecular complexity index is 290. The highest BCUT2D eigenvalue weighted by atomic mass is 16.5. The van der Waals surface area contributed by atoms with Crippen LogP contribution in [0.15, 0.2) is 12.7 Å². The third kappa shape index (κ3) is 2.95. The lowest BCUT2D eigenvalue weighted by Gasteiger charge is -2.36. The Morgan fingerprint density at radius 3 is 2.89 bits per heavy atom. The molecule has 0 aromatic rings. The van der Waals surface area contributed by atoms with Crippen molar-refractivity contribution >= 4 is 0 Å². The van der Waals surface area contributed by atoms with Gasteiger partial charge in [-0.15, -0.1) is 6.58 Å². The molecule has 3 atom stereocenters. The number of fused-ring (bicyclic) bond motifs is 1. The van der Waals surface area contributed by atoms with Gasteiger partial charge in [-0.1, -0.05) is 6.08 Å². The zero-order valence-corrected chi connectivity index (χ0v) is 11.2. The summed E-state index contributed by atoms with van der Waals surface area (Å²) in [6.45, 7) is 7.61. The van der Waals surface area contributed by atoms with Gasteiger partial charge in [-0.3, -0.25) is 4.90 Å². The minimum Gasteiger partial charge on any atom is -0.375 e. The monoisotopic (exact) mass is 251 g/mol. The first-order valence-corrected chi connectivity index (χ1v) is 7.45. The molecule has 0 unspecified atom stereocenters. The zero-order chi connectivity index (χ0) is 12.4. The van der Waals surface area contributed by atoms with Gasteiger partial charge >= 0.3 is 0 Å². The van der Waals surface area contributed by atoms with Crippen LogP contribution in [0.1, 0.15) is 32.1 Å². The molecule has 0 aromatic carbocycles. The first kappa shape index (κ1) is 12.6. The fourth-order valence-corrected chi connectivity index (χ4v) is 3.35. The van der Waals surface area contributed by atoms with Crippen LogP contribution >= 0.6 is 0 Å². The summed E-state index contributed by atoms with van der Waals surface area (Å²) in [6.07, 6.45) is 9.15. The van der Waals surface area contributed by atoms with Crippen molar-refractivity contribution in [2.45, 2.75) is 50.4 Å². The van der Waals surface area contributed by atoms with E-state index in [0.29, 0.717) is 24.9 Å². The Morgan fingerprint density at radius 1 is 1.22 bits per heavy atom. The second kappa shape index (κ2) is 5.72. The smallest absolute Gasteiger partial charge is 0.0813 e. The van der Waals surface area contributed by atoms with Crippen LogP contribution < -0.4 is 0 Å². The average molecular weight is 251 g/mol. The van der Waals surface area contributed by atoms with Crippen LogP contribution in [0.25, 0.3) is 0 Å². The maximum atomic E-state index is 6.19. The lowest BCUT2D eigenvalue weighted by atomic mass is 9.99. The molecule has 3 fully saturated rings. The maximum absolute atomic E-state index is 6.19. The molecule has 3 heteroatoms. The van der Waals surface area contributed by atoms with Gasteiger partial charge in [0.05, 0.1) is 25.4 Å². The predicted octanol–water partition coefficient (Wildman–Crippen LogP) is 2.22. The molecule has 0 spiro atoms. The van der Waals surface area contributed by atoms with Gasteiger partial charge in [0.2, 0.25) is 0 Å². The largest absolute Gasteiger partial charge is 0.375 e. The molecular weight excluding hydrogens is 226 g/mol. The maximum Gasteiger partial charge on any atom is 0.0813 e. The lowest BCUT2D eigenvalue weighted by Crippen LogP contribution is -2.44. The summed E-state index contributed by atoms with van der Waals surface area (Å²) >= 11 is 0. The van der Waals surface area contributed by atoms with E-state index in [2.05, 4.69) is 11.5 Å². The fraction of sp³-hybridized carbons (Fsp3) is 0.867. The van der Waals surface area contributed by atoms with Gasteiger partial charge in [0, 0.05) is 19.1 Å². The molecule has 3 rings (SSSR count). The highest BCUT2D eigenvalue weighted by molar-refractivity contribution is 4.94. The highest BCUT2D eigenvalue weighted by Gasteiger charge is 2.41. The number of hydrogen-bond donors (Lipinski definition) is 0. The first-order valence-electron chi connectivity index (χ1n) is 7.45. The molecule has 2 saturated heterocycles. The topological polar surface area (TPSA) is 21.7 Å². The molecular formula is C15H25NO2. The molecule has 3 nitrogen and oxygen atoms in total. The van der Waals surface area contributed by atoms with Gasteiger partial charge in [0.25, 0.3) is 0 Å². The van der Waals surface area contributed by atoms with Crippen molar-refractivity contribution < 1.29 is 9.47 Å². The van der Waals surface area contributed by atoms with Crippen LogP contribution in [0, 0.1) is 5.92 Å². The molecule has 3 aliphatic rings. The highest BCUT2D eigenvalue weighted by Crippen LogP contribution is 2.36. The molecule has 2 aliphatic heterocycles. The van der Waals surface area contributed by atoms with Crippen molar-refractivity contribution in [3.05, 3.63) is 12.7 Å². The molecule has 18 heavy (non-hydrogen) atoms. The Morgan fingerprint density at radius 2 is 2.11 bits per heavy atom. The van der Waals surface area contributed by atoms with E-state index >= 15 is 0 Å². The second-order valence-electron chi connectivity index (χ2n) is 5.99. The van der Waals surface area contributed by atoms with Crippen LogP contribution in [0.5, 0.6) is 0 Å². The molecule has 1 saturated carbocycles. The number of nitrogens with zero attached hydrogens (tertiary/aromatic N) is 1. The Balaban J connectivity index is 1.45. The molecule has 0 N–H and O–H groups in total. The van der Waals surface area contributed by atoms with Gasteiger partial charge in [0.15, 0.2) is 0 Å². The molecule has 0 aromatic heterocycles. The van der Waals surface area contributed by atoms with Crippen LogP contribution in [0.2, 0.25) is 0 Å². The summed E-state index contributed by atoms with van der Waals surface area (Å²) in [7, 11) is 0. The summed E-state index contributed by atoms with van der Waals surface area (Å²) in [5, 5.41) is 0. The minimum absolute atomic E-state index is 0.312. The van der Waals surface area contributed by atoms with Crippen molar-refractivity contribution in [1.29, 1.82) is 0 Å². The molecule has 2 heterocycles. The Labute approximate surface area is 110 Å². The van der Waals surface area contributed by atoms with Gasteiger partial charge < -0.3 is 9.47 Å². The summed E-state index contributed by atoms with van der Waals surface area (Å²) in [5.74, 6) is 0.998. The summed E-state index contributed by atoms with van der Waals surface area (Å²) in [4.78, 5) is 2.68. The number of rotatable bonds is 6. The SMILES string of the molecule is C=CCOC[C@@H]1CC[C@H]2[C@H](CCN2CC2CC2)O1. The molecule has 0 bridgehead atoms. The van der Waals surface area contributed by atoms with Crippen molar-refractivity contribution in [3.63, 3.8) is 0 Å². The van der Waals surface area contributed by atoms with Gasteiger partial charge in [-0.05, 0) is 38.0 Å². The van der Waals surface area contributed by atoms with E-state index in [1.165, 1.54) is 38.8 Å². The van der Waals surface area contributed by atoms with Crippen LogP contribution in [-0.2, 0) is 9.47 Å². The lowest BCUT2D eigenvalue weighted by molar-refractivity contribution is -0.0967. The van der Waals surface area contributed by atoms with Crippen molar-refractivity contribution in [2.75, 3.05) is 26.3 Å². The number of likely N-dealkylation sites (tertiary alicyclic amines) is 1. The van der Waals surface area contributed by atoms with Crippen LogP contribution in [0.3, 0.4) is 0 Å². The van der Waals surface area contributed by atoms with Gasteiger partial charge in [-0.2, -0.15) is 0 Å². The molecule has 1 aliphatic carbocycles. The Kier molecular flexibility index (Phi) is 4.02. The van der Waals surface area contributed by atoms with Crippen LogP contribution in [-0.4, -0.2) is 49.5 Å². The summed E-state index contributed by atoms with van der Waals surface area (Å²) < 4.78 is 11.7. The van der Waals surface area contributed by atoms with Crippen molar-refractivity contribution in [2.24, 2.45) is 5.92 Å². The second-order valence-corrected chi connectivity index (χ2v) is 5.99. The third-order valence-electron chi connectivity index (χ3n) is 4.48. The Hall–Kier alpha value is -0.380. The van der Waals surface area contributed by atoms with Gasteiger partial charge in [0.1, 0.15) is 0 Å². The summed E-state index contributed by atoms with van der Waals surface area (Å²) in [5.41, 5.74) is 0. The van der Waals surface area contributed by atoms with Crippen molar-refractivity contribution in [1.82, 2.24) is 4.90 Å². The van der Waals surface area contributed by atoms with E-state index in [9.17, 15) is 0 Å². The standard InChI is InChI=1S/C15H25NO2/c1-2-9-17-11-13-5-6-14-15(18-13)7-8-16(14)10-12-3-4-12/h2,12-15H,1,3-11H2/t13-,14-,15-/m0/s1. The molecule has 102 valence electrons. The average Bonchev–Trinajstić information content (AvgIpc) is 3.11. The van der Waals surface area contributed by atoms with E-state index in [4.69, 9.17) is 9.47 Å². The number of ether oxygens (including phenoxy) is 2.